The van der Waals surface area contributed by atoms with Crippen LogP contribution in [-0.2, 0) is 16.4 Å². The Hall–Kier alpha value is -1.81. The van der Waals surface area contributed by atoms with Gasteiger partial charge in [-0.3, -0.25) is 0 Å². The van der Waals surface area contributed by atoms with Gasteiger partial charge in [0.05, 0.1) is 0 Å². The second-order valence-electron chi connectivity index (χ2n) is 6.66. The van der Waals surface area contributed by atoms with E-state index in [1.807, 2.05) is 13.8 Å². The molecule has 0 amide bonds. The quantitative estimate of drug-likeness (QED) is 0.466. The van der Waals surface area contributed by atoms with Gasteiger partial charge in [0.2, 0.25) is 5.13 Å². The van der Waals surface area contributed by atoms with Crippen LogP contribution in [0.1, 0.15) is 30.8 Å². The van der Waals surface area contributed by atoms with Crippen LogP contribution in [0.2, 0.25) is 0 Å². The summed E-state index contributed by atoms with van der Waals surface area (Å²) in [6.07, 6.45) is 0.697. The standard InChI is InChI=1S/C20H26N4O2S3/c1-4-23(12-13-24(5-2)29(25,26)19-7-6-14-27-19)20-21-18(22-28-20)15-17-10-8-16(3)9-11-17/h6-11,14H,4-5,12-13,15H2,1-3H3. The van der Waals surface area contributed by atoms with Crippen LogP contribution in [-0.4, -0.2) is 48.3 Å². The summed E-state index contributed by atoms with van der Waals surface area (Å²) >= 11 is 2.62. The Morgan fingerprint density at radius 3 is 2.41 bits per heavy atom. The molecule has 1 aromatic carbocycles. The van der Waals surface area contributed by atoms with Crippen molar-refractivity contribution in [3.63, 3.8) is 0 Å². The van der Waals surface area contributed by atoms with Gasteiger partial charge in [0.25, 0.3) is 10.0 Å². The van der Waals surface area contributed by atoms with Gasteiger partial charge >= 0.3 is 0 Å². The molecule has 2 heterocycles. The predicted molar refractivity (Wildman–Crippen MR) is 121 cm³/mol. The molecule has 0 fully saturated rings. The lowest BCUT2D eigenvalue weighted by Gasteiger charge is -2.24. The smallest absolute Gasteiger partial charge is 0.252 e. The highest BCUT2D eigenvalue weighted by molar-refractivity contribution is 7.91. The van der Waals surface area contributed by atoms with Crippen LogP contribution in [0.4, 0.5) is 5.13 Å². The SMILES string of the molecule is CCN(CCN(CC)S(=O)(=O)c1cccs1)c1nc(Cc2ccc(C)cc2)ns1. The summed E-state index contributed by atoms with van der Waals surface area (Å²) in [5.41, 5.74) is 2.41. The first-order chi connectivity index (χ1) is 13.9. The van der Waals surface area contributed by atoms with Gasteiger partial charge in [0, 0.05) is 44.1 Å². The Bertz CT molecular complexity index is 999. The van der Waals surface area contributed by atoms with E-state index in [1.165, 1.54) is 38.3 Å². The number of hydrogen-bond donors (Lipinski definition) is 0. The molecular formula is C20H26N4O2S3. The van der Waals surface area contributed by atoms with Crippen molar-refractivity contribution in [3.05, 3.63) is 58.7 Å². The molecule has 0 saturated carbocycles. The number of rotatable bonds is 10. The Morgan fingerprint density at radius 2 is 1.79 bits per heavy atom. The lowest BCUT2D eigenvalue weighted by atomic mass is 10.1. The third-order valence-electron chi connectivity index (χ3n) is 4.65. The fraction of sp³-hybridized carbons (Fsp3) is 0.400. The second kappa shape index (κ2) is 9.80. The monoisotopic (exact) mass is 450 g/mol. The van der Waals surface area contributed by atoms with Gasteiger partial charge in [0.15, 0.2) is 0 Å². The molecule has 0 aliphatic carbocycles. The first kappa shape index (κ1) is 21.9. The third-order valence-corrected chi connectivity index (χ3v) is 8.82. The van der Waals surface area contributed by atoms with Crippen molar-refractivity contribution in [2.75, 3.05) is 31.1 Å². The van der Waals surface area contributed by atoms with E-state index >= 15 is 0 Å². The summed E-state index contributed by atoms with van der Waals surface area (Å²) in [7, 11) is -3.44. The van der Waals surface area contributed by atoms with Crippen molar-refractivity contribution >= 4 is 38.0 Å². The summed E-state index contributed by atoms with van der Waals surface area (Å²) in [4.78, 5) is 6.77. The van der Waals surface area contributed by atoms with Gasteiger partial charge in [-0.25, -0.2) is 13.4 Å². The predicted octanol–water partition coefficient (Wildman–Crippen LogP) is 4.04. The van der Waals surface area contributed by atoms with E-state index in [0.717, 1.165) is 17.5 Å². The molecule has 0 spiro atoms. The Kier molecular flexibility index (Phi) is 7.39. The van der Waals surface area contributed by atoms with E-state index in [4.69, 9.17) is 0 Å². The van der Waals surface area contributed by atoms with Gasteiger partial charge in [-0.05, 0) is 30.9 Å². The Balaban J connectivity index is 1.65. The highest BCUT2D eigenvalue weighted by Crippen LogP contribution is 2.22. The van der Waals surface area contributed by atoms with E-state index in [-0.39, 0.29) is 0 Å². The van der Waals surface area contributed by atoms with Gasteiger partial charge in [0.1, 0.15) is 10.0 Å². The van der Waals surface area contributed by atoms with Crippen LogP contribution < -0.4 is 4.90 Å². The minimum absolute atomic E-state index is 0.388. The molecule has 2 aromatic heterocycles. The average Bonchev–Trinajstić information content (AvgIpc) is 3.40. The largest absolute Gasteiger partial charge is 0.346 e. The van der Waals surface area contributed by atoms with Crippen molar-refractivity contribution in [3.8, 4) is 0 Å². The molecular weight excluding hydrogens is 424 g/mol. The van der Waals surface area contributed by atoms with E-state index in [2.05, 4.69) is 45.4 Å². The lowest BCUT2D eigenvalue weighted by molar-refractivity contribution is 0.432. The maximum Gasteiger partial charge on any atom is 0.252 e. The number of anilines is 1. The first-order valence-electron chi connectivity index (χ1n) is 9.60. The molecule has 29 heavy (non-hydrogen) atoms. The maximum atomic E-state index is 12.8. The number of hydrogen-bond acceptors (Lipinski definition) is 7. The van der Waals surface area contributed by atoms with Crippen LogP contribution in [0, 0.1) is 6.92 Å². The minimum atomic E-state index is -3.44. The molecule has 0 aliphatic rings. The highest BCUT2D eigenvalue weighted by Gasteiger charge is 2.24. The summed E-state index contributed by atoms with van der Waals surface area (Å²) in [5, 5.41) is 2.62. The Morgan fingerprint density at radius 1 is 1.03 bits per heavy atom. The summed E-state index contributed by atoms with van der Waals surface area (Å²) < 4.78 is 32.0. The number of sulfonamides is 1. The van der Waals surface area contributed by atoms with Gasteiger partial charge in [-0.15, -0.1) is 11.3 Å². The van der Waals surface area contributed by atoms with Crippen molar-refractivity contribution in [1.29, 1.82) is 0 Å². The van der Waals surface area contributed by atoms with Gasteiger partial charge in [-0.1, -0.05) is 42.8 Å². The van der Waals surface area contributed by atoms with Crippen LogP contribution in [0.25, 0.3) is 0 Å². The summed E-state index contributed by atoms with van der Waals surface area (Å²) in [6.45, 7) is 8.16. The highest BCUT2D eigenvalue weighted by atomic mass is 32.2. The van der Waals surface area contributed by atoms with Crippen LogP contribution in [0.3, 0.4) is 0 Å². The molecule has 0 bridgehead atoms. The molecule has 0 unspecified atom stereocenters. The number of thiophene rings is 1. The van der Waals surface area contributed by atoms with Crippen molar-refractivity contribution in [1.82, 2.24) is 13.7 Å². The Labute approximate surface area is 181 Å². The van der Waals surface area contributed by atoms with Crippen LogP contribution in [0.5, 0.6) is 0 Å². The summed E-state index contributed by atoms with van der Waals surface area (Å²) in [5.74, 6) is 0.797. The third kappa shape index (κ3) is 5.42. The van der Waals surface area contributed by atoms with E-state index in [1.54, 1.807) is 17.5 Å². The molecule has 0 aliphatic heterocycles. The molecule has 0 N–H and O–H groups in total. The van der Waals surface area contributed by atoms with E-state index in [0.29, 0.717) is 30.3 Å². The molecule has 3 aromatic rings. The van der Waals surface area contributed by atoms with Crippen LogP contribution in [0.15, 0.2) is 46.0 Å². The normalized spacial score (nSPS) is 11.9. The first-order valence-corrected chi connectivity index (χ1v) is 12.7. The fourth-order valence-electron chi connectivity index (χ4n) is 2.94. The molecule has 9 heteroatoms. The number of aromatic nitrogens is 2. The minimum Gasteiger partial charge on any atom is -0.346 e. The second-order valence-corrected chi connectivity index (χ2v) is 10.5. The zero-order valence-corrected chi connectivity index (χ0v) is 19.4. The molecule has 0 saturated heterocycles. The number of nitrogens with zero attached hydrogens (tertiary/aromatic N) is 4. The van der Waals surface area contributed by atoms with Gasteiger partial charge < -0.3 is 4.90 Å². The fourth-order valence-corrected chi connectivity index (χ4v) is 6.30. The maximum absolute atomic E-state index is 12.8. The topological polar surface area (TPSA) is 66.4 Å². The van der Waals surface area contributed by atoms with Crippen molar-refractivity contribution in [2.45, 2.75) is 31.4 Å². The molecule has 6 nitrogen and oxygen atoms in total. The number of likely N-dealkylation sites (N-methyl/N-ethyl adjacent to an activating group) is 2. The van der Waals surface area contributed by atoms with Crippen molar-refractivity contribution < 1.29 is 8.42 Å². The lowest BCUT2D eigenvalue weighted by Crippen LogP contribution is -2.38. The molecule has 3 rings (SSSR count). The van der Waals surface area contributed by atoms with E-state index in [9.17, 15) is 8.42 Å². The van der Waals surface area contributed by atoms with Crippen molar-refractivity contribution in [2.24, 2.45) is 0 Å². The number of aryl methyl sites for hydroxylation is 1. The zero-order valence-electron chi connectivity index (χ0n) is 16.9. The zero-order chi connectivity index (χ0) is 20.9. The van der Waals surface area contributed by atoms with Gasteiger partial charge in [-0.2, -0.15) is 8.68 Å². The average molecular weight is 451 g/mol. The van der Waals surface area contributed by atoms with Crippen LogP contribution >= 0.6 is 22.9 Å². The van der Waals surface area contributed by atoms with E-state index < -0.39 is 10.0 Å². The number of benzene rings is 1. The molecule has 0 radical (unpaired) electrons. The molecule has 156 valence electrons. The molecule has 0 atom stereocenters. The summed E-state index contributed by atoms with van der Waals surface area (Å²) in [6, 6.07) is 11.8.